The molecule has 1 fully saturated rings. The Bertz CT molecular complexity index is 1030. The van der Waals surface area contributed by atoms with E-state index >= 15 is 0 Å². The predicted molar refractivity (Wildman–Crippen MR) is 126 cm³/mol. The minimum atomic E-state index is -0.807. The van der Waals surface area contributed by atoms with Gasteiger partial charge in [-0.1, -0.05) is 48.7 Å². The summed E-state index contributed by atoms with van der Waals surface area (Å²) >= 11 is 1.55. The van der Waals surface area contributed by atoms with Crippen molar-refractivity contribution in [2.45, 2.75) is 64.6 Å². The van der Waals surface area contributed by atoms with Crippen LogP contribution >= 0.6 is 11.3 Å². The zero-order chi connectivity index (χ0) is 22.5. The van der Waals surface area contributed by atoms with Gasteiger partial charge in [-0.15, -0.1) is 11.3 Å². The summed E-state index contributed by atoms with van der Waals surface area (Å²) in [6, 6.07) is 15.0. The summed E-state index contributed by atoms with van der Waals surface area (Å²) in [5.41, 5.74) is 2.14. The fraction of sp³-hybridized carbons (Fsp3) is 0.385. The summed E-state index contributed by atoms with van der Waals surface area (Å²) in [5.74, 6) is 0.968. The standard InChI is InChI=1S/C26H30N2O3S/c1-18-9-12-20(13-10-18)17-28(24(29)16-22-8-5-15-32-22)25(23-14-11-19(2)31-23)26(30)27-21-6-3-4-7-21/h5,8-15,21,25H,3-4,6-7,16-17H2,1-2H3,(H,27,30)/t25-/m1/s1. The molecule has 1 aromatic carbocycles. The van der Waals surface area contributed by atoms with Crippen molar-refractivity contribution < 1.29 is 14.0 Å². The number of carbonyl (C=O) groups excluding carboxylic acids is 2. The van der Waals surface area contributed by atoms with E-state index in [1.54, 1.807) is 16.2 Å². The van der Waals surface area contributed by atoms with E-state index in [9.17, 15) is 9.59 Å². The molecule has 168 valence electrons. The second kappa shape index (κ2) is 10.2. The zero-order valence-electron chi connectivity index (χ0n) is 18.7. The number of benzene rings is 1. The smallest absolute Gasteiger partial charge is 0.250 e. The van der Waals surface area contributed by atoms with Crippen molar-refractivity contribution in [1.82, 2.24) is 10.2 Å². The van der Waals surface area contributed by atoms with E-state index in [2.05, 4.69) is 5.32 Å². The third-order valence-electron chi connectivity index (χ3n) is 5.99. The van der Waals surface area contributed by atoms with Crippen molar-refractivity contribution in [2.75, 3.05) is 0 Å². The molecule has 6 heteroatoms. The van der Waals surface area contributed by atoms with Crippen LogP contribution in [0.15, 0.2) is 58.3 Å². The number of aryl methyl sites for hydroxylation is 2. The molecule has 0 radical (unpaired) electrons. The van der Waals surface area contributed by atoms with E-state index in [1.807, 2.05) is 67.8 Å². The first-order valence-corrected chi connectivity index (χ1v) is 12.1. The number of thiophene rings is 1. The number of furan rings is 1. The fourth-order valence-electron chi connectivity index (χ4n) is 4.25. The zero-order valence-corrected chi connectivity index (χ0v) is 19.5. The Labute approximate surface area is 193 Å². The molecule has 2 aromatic heterocycles. The van der Waals surface area contributed by atoms with Crippen molar-refractivity contribution in [3.8, 4) is 0 Å². The van der Waals surface area contributed by atoms with Gasteiger partial charge in [0, 0.05) is 17.5 Å². The van der Waals surface area contributed by atoms with Crippen LogP contribution in [0, 0.1) is 13.8 Å². The molecule has 5 nitrogen and oxygen atoms in total. The number of nitrogens with one attached hydrogen (secondary N) is 1. The van der Waals surface area contributed by atoms with Crippen LogP contribution < -0.4 is 5.32 Å². The summed E-state index contributed by atoms with van der Waals surface area (Å²) in [4.78, 5) is 29.7. The van der Waals surface area contributed by atoms with Gasteiger partial charge in [-0.3, -0.25) is 9.59 Å². The van der Waals surface area contributed by atoms with E-state index in [1.165, 1.54) is 0 Å². The molecular formula is C26H30N2O3S. The van der Waals surface area contributed by atoms with Gasteiger partial charge in [-0.05, 0) is 55.8 Å². The van der Waals surface area contributed by atoms with Crippen LogP contribution in [-0.4, -0.2) is 22.8 Å². The van der Waals surface area contributed by atoms with Gasteiger partial charge in [0.25, 0.3) is 5.91 Å². The summed E-state index contributed by atoms with van der Waals surface area (Å²) in [5, 5.41) is 5.15. The maximum absolute atomic E-state index is 13.6. The van der Waals surface area contributed by atoms with Gasteiger partial charge in [-0.2, -0.15) is 0 Å². The highest BCUT2D eigenvalue weighted by atomic mass is 32.1. The van der Waals surface area contributed by atoms with Crippen molar-refractivity contribution in [3.63, 3.8) is 0 Å². The van der Waals surface area contributed by atoms with Gasteiger partial charge in [-0.25, -0.2) is 0 Å². The second-order valence-electron chi connectivity index (χ2n) is 8.60. The van der Waals surface area contributed by atoms with Gasteiger partial charge >= 0.3 is 0 Å². The third-order valence-corrected chi connectivity index (χ3v) is 6.87. The SMILES string of the molecule is Cc1ccc(CN(C(=O)Cc2cccs2)[C@@H](C(=O)NC2CCCC2)c2ccc(C)o2)cc1. The molecule has 4 rings (SSSR count). The van der Waals surface area contributed by atoms with Crippen molar-refractivity contribution >= 4 is 23.2 Å². The highest BCUT2D eigenvalue weighted by Crippen LogP contribution is 2.28. The average Bonchev–Trinajstić information content (AvgIpc) is 3.53. The van der Waals surface area contributed by atoms with Crippen LogP contribution in [0.3, 0.4) is 0 Å². The number of nitrogens with zero attached hydrogens (tertiary/aromatic N) is 1. The molecule has 1 saturated carbocycles. The lowest BCUT2D eigenvalue weighted by Gasteiger charge is -2.31. The first-order chi connectivity index (χ1) is 15.5. The molecule has 1 aliphatic rings. The van der Waals surface area contributed by atoms with Crippen LogP contribution in [0.2, 0.25) is 0 Å². The summed E-state index contributed by atoms with van der Waals surface area (Å²) in [6.45, 7) is 4.23. The Morgan fingerprint density at radius 3 is 2.47 bits per heavy atom. The van der Waals surface area contributed by atoms with Gasteiger partial charge in [0.1, 0.15) is 11.5 Å². The van der Waals surface area contributed by atoms with Gasteiger partial charge < -0.3 is 14.6 Å². The van der Waals surface area contributed by atoms with Crippen LogP contribution in [0.1, 0.15) is 59.2 Å². The molecule has 0 spiro atoms. The second-order valence-corrected chi connectivity index (χ2v) is 9.64. The molecule has 1 atom stereocenters. The molecule has 32 heavy (non-hydrogen) atoms. The maximum atomic E-state index is 13.6. The third kappa shape index (κ3) is 5.49. The lowest BCUT2D eigenvalue weighted by atomic mass is 10.1. The summed E-state index contributed by atoms with van der Waals surface area (Å²) in [6.07, 6.45) is 4.48. The van der Waals surface area contributed by atoms with Gasteiger partial charge in [0.15, 0.2) is 6.04 Å². The molecule has 2 amide bonds. The molecule has 3 aromatic rings. The van der Waals surface area contributed by atoms with E-state index in [-0.39, 0.29) is 24.3 Å². The number of carbonyl (C=O) groups is 2. The van der Waals surface area contributed by atoms with E-state index < -0.39 is 6.04 Å². The molecule has 1 N–H and O–H groups in total. The Morgan fingerprint density at radius 1 is 1.09 bits per heavy atom. The monoisotopic (exact) mass is 450 g/mol. The fourth-order valence-corrected chi connectivity index (χ4v) is 4.95. The molecule has 1 aliphatic carbocycles. The first-order valence-electron chi connectivity index (χ1n) is 11.2. The minimum absolute atomic E-state index is 0.0892. The average molecular weight is 451 g/mol. The quantitative estimate of drug-likeness (QED) is 0.505. The number of amides is 2. The molecule has 0 saturated heterocycles. The highest BCUT2D eigenvalue weighted by Gasteiger charge is 2.35. The van der Waals surface area contributed by atoms with Crippen LogP contribution in [-0.2, 0) is 22.6 Å². The molecule has 0 unspecified atom stereocenters. The largest absolute Gasteiger partial charge is 0.464 e. The Kier molecular flexibility index (Phi) is 7.10. The summed E-state index contributed by atoms with van der Waals surface area (Å²) < 4.78 is 5.90. The van der Waals surface area contributed by atoms with E-state index in [4.69, 9.17) is 4.42 Å². The van der Waals surface area contributed by atoms with Gasteiger partial charge in [0.05, 0.1) is 6.42 Å². The minimum Gasteiger partial charge on any atom is -0.464 e. The number of hydrogen-bond donors (Lipinski definition) is 1. The lowest BCUT2D eigenvalue weighted by molar-refractivity contribution is -0.142. The normalized spacial score (nSPS) is 14.9. The topological polar surface area (TPSA) is 62.6 Å². The van der Waals surface area contributed by atoms with Gasteiger partial charge in [0.2, 0.25) is 5.91 Å². The Morgan fingerprint density at radius 2 is 1.84 bits per heavy atom. The first kappa shape index (κ1) is 22.3. The van der Waals surface area contributed by atoms with Crippen molar-refractivity contribution in [2.24, 2.45) is 0 Å². The van der Waals surface area contributed by atoms with E-state index in [0.717, 1.165) is 47.4 Å². The van der Waals surface area contributed by atoms with Crippen molar-refractivity contribution in [1.29, 1.82) is 0 Å². The highest BCUT2D eigenvalue weighted by molar-refractivity contribution is 7.10. The molecule has 2 heterocycles. The molecule has 0 bridgehead atoms. The summed E-state index contributed by atoms with van der Waals surface area (Å²) in [7, 11) is 0. The maximum Gasteiger partial charge on any atom is 0.250 e. The predicted octanol–water partition coefficient (Wildman–Crippen LogP) is 5.33. The number of hydrogen-bond acceptors (Lipinski definition) is 4. The number of rotatable bonds is 8. The van der Waals surface area contributed by atoms with Crippen LogP contribution in [0.25, 0.3) is 0 Å². The Hall–Kier alpha value is -2.86. The Balaban J connectivity index is 1.67. The lowest BCUT2D eigenvalue weighted by Crippen LogP contribution is -2.46. The molecule has 0 aliphatic heterocycles. The van der Waals surface area contributed by atoms with Crippen molar-refractivity contribution in [3.05, 3.63) is 81.4 Å². The van der Waals surface area contributed by atoms with Crippen LogP contribution in [0.5, 0.6) is 0 Å². The van der Waals surface area contributed by atoms with Crippen LogP contribution in [0.4, 0.5) is 0 Å². The van der Waals surface area contributed by atoms with E-state index in [0.29, 0.717) is 12.3 Å². The molecular weight excluding hydrogens is 420 g/mol.